The quantitative estimate of drug-likeness (QED) is 0.694. The molecule has 0 heterocycles. The van der Waals surface area contributed by atoms with Crippen LogP contribution in [0.1, 0.15) is 25.0 Å². The summed E-state index contributed by atoms with van der Waals surface area (Å²) in [5, 5.41) is 0. The Hall–Kier alpha value is -1.82. The average Bonchev–Trinajstić information content (AvgIpc) is 3.07. The SMILES string of the molecule is COCc1ccc(COC(=O)[C@@H]2[C@H](/C=C(\F)C(F)F)C2(C)C)cc1. The number of rotatable bonds is 7. The normalized spacial score (nSPS) is 22.5. The molecule has 0 amide bonds. The van der Waals surface area contributed by atoms with Gasteiger partial charge in [-0.15, -0.1) is 0 Å². The largest absolute Gasteiger partial charge is 0.461 e. The van der Waals surface area contributed by atoms with Gasteiger partial charge in [-0.25, -0.2) is 13.2 Å². The second-order valence-electron chi connectivity index (χ2n) is 6.53. The zero-order valence-corrected chi connectivity index (χ0v) is 13.9. The lowest BCUT2D eigenvalue weighted by molar-refractivity contribution is -0.147. The number of esters is 1. The highest BCUT2D eigenvalue weighted by molar-refractivity contribution is 5.78. The molecule has 0 saturated heterocycles. The van der Waals surface area contributed by atoms with E-state index >= 15 is 0 Å². The first-order valence-electron chi connectivity index (χ1n) is 7.66. The van der Waals surface area contributed by atoms with Crippen LogP contribution < -0.4 is 0 Å². The molecular weight excluding hydrogens is 321 g/mol. The lowest BCUT2D eigenvalue weighted by atomic mass is 10.1. The van der Waals surface area contributed by atoms with Crippen LogP contribution in [0.25, 0.3) is 0 Å². The van der Waals surface area contributed by atoms with Crippen molar-refractivity contribution in [2.24, 2.45) is 17.3 Å². The van der Waals surface area contributed by atoms with Crippen LogP contribution >= 0.6 is 0 Å². The zero-order valence-electron chi connectivity index (χ0n) is 13.9. The summed E-state index contributed by atoms with van der Waals surface area (Å²) >= 11 is 0. The van der Waals surface area contributed by atoms with E-state index in [2.05, 4.69) is 0 Å². The monoisotopic (exact) mass is 342 g/mol. The second-order valence-corrected chi connectivity index (χ2v) is 6.53. The van der Waals surface area contributed by atoms with Crippen LogP contribution in [0.2, 0.25) is 0 Å². The molecular formula is C18H21F3O3. The highest BCUT2D eigenvalue weighted by Gasteiger charge is 2.61. The molecule has 0 aliphatic heterocycles. The first-order chi connectivity index (χ1) is 11.3. The summed E-state index contributed by atoms with van der Waals surface area (Å²) in [6.07, 6.45) is -2.31. The van der Waals surface area contributed by atoms with E-state index < -0.39 is 35.5 Å². The fourth-order valence-electron chi connectivity index (χ4n) is 2.83. The van der Waals surface area contributed by atoms with Crippen molar-refractivity contribution in [3.63, 3.8) is 0 Å². The van der Waals surface area contributed by atoms with Crippen molar-refractivity contribution in [2.75, 3.05) is 7.11 Å². The topological polar surface area (TPSA) is 35.5 Å². The summed E-state index contributed by atoms with van der Waals surface area (Å²) < 4.78 is 47.9. The molecule has 2 rings (SSSR count). The van der Waals surface area contributed by atoms with Gasteiger partial charge in [-0.3, -0.25) is 4.79 Å². The molecule has 0 aromatic heterocycles. The van der Waals surface area contributed by atoms with Crippen LogP contribution in [0.4, 0.5) is 13.2 Å². The number of halogens is 3. The number of alkyl halides is 2. The molecule has 1 aromatic rings. The fraction of sp³-hybridized carbons (Fsp3) is 0.500. The van der Waals surface area contributed by atoms with Crippen LogP contribution in [0.3, 0.4) is 0 Å². The van der Waals surface area contributed by atoms with Gasteiger partial charge in [0.15, 0.2) is 5.83 Å². The summed E-state index contributed by atoms with van der Waals surface area (Å²) in [6, 6.07) is 7.40. The Labute approximate surface area is 139 Å². The minimum absolute atomic E-state index is 0.0897. The van der Waals surface area contributed by atoms with Crippen molar-refractivity contribution in [1.29, 1.82) is 0 Å². The van der Waals surface area contributed by atoms with Crippen molar-refractivity contribution < 1.29 is 27.4 Å². The van der Waals surface area contributed by atoms with Gasteiger partial charge in [0.1, 0.15) is 6.61 Å². The molecule has 3 nitrogen and oxygen atoms in total. The number of carbonyl (C=O) groups excluding carboxylic acids is 1. The molecule has 24 heavy (non-hydrogen) atoms. The van der Waals surface area contributed by atoms with E-state index in [1.807, 2.05) is 24.3 Å². The lowest BCUT2D eigenvalue weighted by Crippen LogP contribution is -2.10. The van der Waals surface area contributed by atoms with Gasteiger partial charge in [-0.1, -0.05) is 38.1 Å². The van der Waals surface area contributed by atoms with E-state index in [0.29, 0.717) is 6.61 Å². The van der Waals surface area contributed by atoms with Gasteiger partial charge in [0.05, 0.1) is 12.5 Å². The van der Waals surface area contributed by atoms with Crippen molar-refractivity contribution in [3.05, 3.63) is 47.3 Å². The van der Waals surface area contributed by atoms with Gasteiger partial charge in [0.25, 0.3) is 6.43 Å². The Kier molecular flexibility index (Phi) is 5.70. The molecule has 1 aromatic carbocycles. The highest BCUT2D eigenvalue weighted by atomic mass is 19.3. The maximum Gasteiger partial charge on any atom is 0.310 e. The molecule has 2 atom stereocenters. The van der Waals surface area contributed by atoms with Crippen molar-refractivity contribution in [1.82, 2.24) is 0 Å². The Bertz CT molecular complexity index is 608. The lowest BCUT2D eigenvalue weighted by Gasteiger charge is -2.07. The minimum Gasteiger partial charge on any atom is -0.461 e. The van der Waals surface area contributed by atoms with E-state index in [9.17, 15) is 18.0 Å². The standard InChI is InChI=1S/C18H21F3O3/c1-18(2)13(8-14(19)16(20)21)15(18)17(22)24-10-12-6-4-11(5-7-12)9-23-3/h4-8,13,15-16H,9-10H2,1-3H3/b14-8-/t13-,15-/m0/s1. The predicted octanol–water partition coefficient (Wildman–Crippen LogP) is 4.27. The van der Waals surface area contributed by atoms with E-state index in [-0.39, 0.29) is 6.61 Å². The molecule has 1 aliphatic rings. The molecule has 1 fully saturated rings. The van der Waals surface area contributed by atoms with Crippen molar-refractivity contribution in [2.45, 2.75) is 33.5 Å². The summed E-state index contributed by atoms with van der Waals surface area (Å²) in [6.45, 7) is 4.06. The predicted molar refractivity (Wildman–Crippen MR) is 82.9 cm³/mol. The molecule has 0 unspecified atom stereocenters. The molecule has 132 valence electrons. The molecule has 0 spiro atoms. The first-order valence-corrected chi connectivity index (χ1v) is 7.66. The van der Waals surface area contributed by atoms with Crippen LogP contribution in [0.5, 0.6) is 0 Å². The molecule has 0 bridgehead atoms. The Morgan fingerprint density at radius 2 is 1.75 bits per heavy atom. The van der Waals surface area contributed by atoms with Gasteiger partial charge in [0, 0.05) is 7.11 Å². The summed E-state index contributed by atoms with van der Waals surface area (Å²) in [5.74, 6) is -3.15. The van der Waals surface area contributed by atoms with Crippen LogP contribution in [0.15, 0.2) is 36.2 Å². The van der Waals surface area contributed by atoms with E-state index in [4.69, 9.17) is 9.47 Å². The molecule has 6 heteroatoms. The Balaban J connectivity index is 1.92. The van der Waals surface area contributed by atoms with E-state index in [1.165, 1.54) is 0 Å². The maximum absolute atomic E-state index is 13.1. The molecule has 1 aliphatic carbocycles. The maximum atomic E-state index is 13.1. The Morgan fingerprint density at radius 1 is 1.21 bits per heavy atom. The van der Waals surface area contributed by atoms with Crippen LogP contribution in [0, 0.1) is 17.3 Å². The summed E-state index contributed by atoms with van der Waals surface area (Å²) in [7, 11) is 1.61. The average molecular weight is 342 g/mol. The van der Waals surface area contributed by atoms with Crippen LogP contribution in [-0.2, 0) is 27.5 Å². The first kappa shape index (κ1) is 18.5. The van der Waals surface area contributed by atoms with E-state index in [0.717, 1.165) is 17.2 Å². The summed E-state index contributed by atoms with van der Waals surface area (Å²) in [4.78, 5) is 12.1. The third kappa shape index (κ3) is 4.17. The van der Waals surface area contributed by atoms with Gasteiger partial charge in [0.2, 0.25) is 0 Å². The fourth-order valence-corrected chi connectivity index (χ4v) is 2.83. The smallest absolute Gasteiger partial charge is 0.310 e. The highest BCUT2D eigenvalue weighted by Crippen LogP contribution is 2.60. The number of ether oxygens (including phenoxy) is 2. The molecule has 0 N–H and O–H groups in total. The number of benzene rings is 1. The van der Waals surface area contributed by atoms with Gasteiger partial charge >= 0.3 is 5.97 Å². The number of methoxy groups -OCH3 is 1. The van der Waals surface area contributed by atoms with Gasteiger partial charge in [-0.05, 0) is 28.5 Å². The van der Waals surface area contributed by atoms with Crippen molar-refractivity contribution in [3.8, 4) is 0 Å². The van der Waals surface area contributed by atoms with Crippen LogP contribution in [-0.4, -0.2) is 19.5 Å². The molecule has 1 saturated carbocycles. The number of allylic oxidation sites excluding steroid dienone is 2. The van der Waals surface area contributed by atoms with Crippen molar-refractivity contribution >= 4 is 5.97 Å². The molecule has 0 radical (unpaired) electrons. The third-order valence-electron chi connectivity index (χ3n) is 4.43. The van der Waals surface area contributed by atoms with E-state index in [1.54, 1.807) is 21.0 Å². The second kappa shape index (κ2) is 7.38. The number of hydrogen-bond acceptors (Lipinski definition) is 3. The van der Waals surface area contributed by atoms with Gasteiger partial charge in [-0.2, -0.15) is 0 Å². The minimum atomic E-state index is -3.15. The zero-order chi connectivity index (χ0) is 17.9. The van der Waals surface area contributed by atoms with Gasteiger partial charge < -0.3 is 9.47 Å². The number of carbonyl (C=O) groups is 1. The Morgan fingerprint density at radius 3 is 2.25 bits per heavy atom. The summed E-state index contributed by atoms with van der Waals surface area (Å²) in [5.41, 5.74) is 1.24. The number of hydrogen-bond donors (Lipinski definition) is 0. The third-order valence-corrected chi connectivity index (χ3v) is 4.43.